The van der Waals surface area contributed by atoms with Crippen LogP contribution in [0.3, 0.4) is 0 Å². The van der Waals surface area contributed by atoms with Gasteiger partial charge in [0, 0.05) is 17.3 Å². The first-order valence-electron chi connectivity index (χ1n) is 9.50. The number of rotatable bonds is 7. The summed E-state index contributed by atoms with van der Waals surface area (Å²) in [6.45, 7) is 3.89. The number of halogens is 1. The van der Waals surface area contributed by atoms with Crippen molar-refractivity contribution in [2.45, 2.75) is 58.2 Å². The van der Waals surface area contributed by atoms with Crippen LogP contribution in [0.4, 0.5) is 5.69 Å². The topological polar surface area (TPSA) is 85.2 Å². The Labute approximate surface area is 169 Å². The van der Waals surface area contributed by atoms with Crippen molar-refractivity contribution in [2.24, 2.45) is 0 Å². The summed E-state index contributed by atoms with van der Waals surface area (Å²) in [6, 6.07) is 5.18. The third kappa shape index (κ3) is 5.48. The molecule has 1 aliphatic rings. The molecule has 1 aromatic heterocycles. The molecule has 2 amide bonds. The molecule has 1 saturated carbocycles. The summed E-state index contributed by atoms with van der Waals surface area (Å²) >= 11 is 6.04. The molecule has 8 heteroatoms. The molecule has 1 heterocycles. The Balaban J connectivity index is 1.62. The minimum atomic E-state index is -0.354. The molecule has 0 aliphatic heterocycles. The van der Waals surface area contributed by atoms with Crippen LogP contribution < -0.4 is 15.4 Å². The van der Waals surface area contributed by atoms with Gasteiger partial charge in [0.25, 0.3) is 5.91 Å². The van der Waals surface area contributed by atoms with Crippen molar-refractivity contribution in [3.63, 3.8) is 0 Å². The van der Waals surface area contributed by atoms with Gasteiger partial charge in [0.05, 0.1) is 23.6 Å². The second kappa shape index (κ2) is 9.10. The van der Waals surface area contributed by atoms with Crippen molar-refractivity contribution < 1.29 is 14.3 Å². The third-order valence-corrected chi connectivity index (χ3v) is 4.70. The molecule has 0 spiro atoms. The van der Waals surface area contributed by atoms with Crippen LogP contribution in [0.2, 0.25) is 5.02 Å². The van der Waals surface area contributed by atoms with E-state index in [4.69, 9.17) is 16.3 Å². The maximum absolute atomic E-state index is 12.7. The van der Waals surface area contributed by atoms with Crippen LogP contribution in [0, 0.1) is 0 Å². The number of ether oxygens (including phenoxy) is 1. The van der Waals surface area contributed by atoms with E-state index in [-0.39, 0.29) is 30.5 Å². The van der Waals surface area contributed by atoms with Gasteiger partial charge >= 0.3 is 0 Å². The molecule has 0 unspecified atom stereocenters. The Morgan fingerprint density at radius 1 is 1.32 bits per heavy atom. The van der Waals surface area contributed by atoms with E-state index >= 15 is 0 Å². The molecule has 1 aliphatic carbocycles. The molecular formula is C20H25ClN4O3. The zero-order valence-electron chi connectivity index (χ0n) is 16.1. The number of nitrogens with one attached hydrogen (secondary N) is 2. The standard InChI is InChI=1S/C20H25ClN4O3/c1-13(2)28-18-8-7-14(21)9-17(18)20(27)24-16-10-22-25(11-16)12-19(26)23-15-5-3-4-6-15/h7-11,13,15H,3-6,12H2,1-2H3,(H,23,26)(H,24,27). The van der Waals surface area contributed by atoms with Gasteiger partial charge in [-0.3, -0.25) is 14.3 Å². The fourth-order valence-electron chi connectivity index (χ4n) is 3.24. The molecule has 150 valence electrons. The quantitative estimate of drug-likeness (QED) is 0.737. The first kappa shape index (κ1) is 20.2. The lowest BCUT2D eigenvalue weighted by molar-refractivity contribution is -0.122. The minimum Gasteiger partial charge on any atom is -0.490 e. The molecule has 28 heavy (non-hydrogen) atoms. The predicted molar refractivity (Wildman–Crippen MR) is 108 cm³/mol. The van der Waals surface area contributed by atoms with Crippen LogP contribution in [0.1, 0.15) is 49.9 Å². The summed E-state index contributed by atoms with van der Waals surface area (Å²) in [5, 5.41) is 10.4. The zero-order chi connectivity index (χ0) is 20.1. The monoisotopic (exact) mass is 404 g/mol. The lowest BCUT2D eigenvalue weighted by Gasteiger charge is -2.14. The van der Waals surface area contributed by atoms with E-state index in [1.165, 1.54) is 10.9 Å². The smallest absolute Gasteiger partial charge is 0.259 e. The number of anilines is 1. The number of nitrogens with zero attached hydrogens (tertiary/aromatic N) is 2. The van der Waals surface area contributed by atoms with Gasteiger partial charge in [-0.1, -0.05) is 24.4 Å². The minimum absolute atomic E-state index is 0.0738. The number of hydrogen-bond acceptors (Lipinski definition) is 4. The highest BCUT2D eigenvalue weighted by Gasteiger charge is 2.18. The van der Waals surface area contributed by atoms with Gasteiger partial charge in [-0.2, -0.15) is 5.10 Å². The molecule has 7 nitrogen and oxygen atoms in total. The molecule has 0 saturated heterocycles. The fourth-order valence-corrected chi connectivity index (χ4v) is 3.41. The van der Waals surface area contributed by atoms with Crippen LogP contribution >= 0.6 is 11.6 Å². The number of aromatic nitrogens is 2. The number of benzene rings is 1. The summed E-state index contributed by atoms with van der Waals surface area (Å²) in [4.78, 5) is 24.8. The van der Waals surface area contributed by atoms with Crippen molar-refractivity contribution in [3.05, 3.63) is 41.2 Å². The van der Waals surface area contributed by atoms with Gasteiger partial charge < -0.3 is 15.4 Å². The second-order valence-corrected chi connectivity index (χ2v) is 7.67. The molecular weight excluding hydrogens is 380 g/mol. The number of amides is 2. The van der Waals surface area contributed by atoms with Crippen LogP contribution in [0.25, 0.3) is 0 Å². The highest BCUT2D eigenvalue weighted by atomic mass is 35.5. The Hall–Kier alpha value is -2.54. The first-order chi connectivity index (χ1) is 13.4. The molecule has 0 radical (unpaired) electrons. The Kier molecular flexibility index (Phi) is 6.57. The van der Waals surface area contributed by atoms with E-state index in [0.29, 0.717) is 22.0 Å². The summed E-state index contributed by atoms with van der Waals surface area (Å²) < 4.78 is 7.19. The average molecular weight is 405 g/mol. The highest BCUT2D eigenvalue weighted by Crippen LogP contribution is 2.25. The van der Waals surface area contributed by atoms with E-state index in [0.717, 1.165) is 25.7 Å². The summed E-state index contributed by atoms with van der Waals surface area (Å²) in [6.07, 6.45) is 7.45. The molecule has 2 N–H and O–H groups in total. The Morgan fingerprint density at radius 3 is 2.79 bits per heavy atom. The van der Waals surface area contributed by atoms with Gasteiger partial charge in [0.15, 0.2) is 0 Å². The summed E-state index contributed by atoms with van der Waals surface area (Å²) in [7, 11) is 0. The molecule has 2 aromatic rings. The Morgan fingerprint density at radius 2 is 2.07 bits per heavy atom. The predicted octanol–water partition coefficient (Wildman–Crippen LogP) is 3.63. The van der Waals surface area contributed by atoms with Gasteiger partial charge in [0.1, 0.15) is 12.3 Å². The van der Waals surface area contributed by atoms with Gasteiger partial charge in [-0.15, -0.1) is 0 Å². The van der Waals surface area contributed by atoms with Crippen LogP contribution in [0.15, 0.2) is 30.6 Å². The maximum atomic E-state index is 12.7. The molecule has 0 atom stereocenters. The van der Waals surface area contributed by atoms with Gasteiger partial charge in [0.2, 0.25) is 5.91 Å². The second-order valence-electron chi connectivity index (χ2n) is 7.24. The van der Waals surface area contributed by atoms with Gasteiger partial charge in [-0.05, 0) is 44.9 Å². The lowest BCUT2D eigenvalue weighted by atomic mass is 10.2. The number of carbonyl (C=O) groups is 2. The fraction of sp³-hybridized carbons (Fsp3) is 0.450. The van der Waals surface area contributed by atoms with E-state index in [1.807, 2.05) is 13.8 Å². The third-order valence-electron chi connectivity index (χ3n) is 4.47. The Bertz CT molecular complexity index is 844. The maximum Gasteiger partial charge on any atom is 0.259 e. The summed E-state index contributed by atoms with van der Waals surface area (Å²) in [5.41, 5.74) is 0.835. The number of carbonyl (C=O) groups excluding carboxylic acids is 2. The van der Waals surface area contributed by atoms with Crippen molar-refractivity contribution in [3.8, 4) is 5.75 Å². The molecule has 1 fully saturated rings. The lowest BCUT2D eigenvalue weighted by Crippen LogP contribution is -2.35. The van der Waals surface area contributed by atoms with Gasteiger partial charge in [-0.25, -0.2) is 0 Å². The molecule has 1 aromatic carbocycles. The van der Waals surface area contributed by atoms with Crippen LogP contribution in [-0.4, -0.2) is 33.7 Å². The summed E-state index contributed by atoms with van der Waals surface area (Å²) in [5.74, 6) is 0.0312. The van der Waals surface area contributed by atoms with E-state index < -0.39 is 0 Å². The first-order valence-corrected chi connectivity index (χ1v) is 9.88. The largest absolute Gasteiger partial charge is 0.490 e. The zero-order valence-corrected chi connectivity index (χ0v) is 16.8. The van der Waals surface area contributed by atoms with Crippen molar-refractivity contribution in [1.82, 2.24) is 15.1 Å². The van der Waals surface area contributed by atoms with E-state index in [1.54, 1.807) is 24.4 Å². The normalized spacial score (nSPS) is 14.3. The van der Waals surface area contributed by atoms with Crippen molar-refractivity contribution in [2.75, 3.05) is 5.32 Å². The van der Waals surface area contributed by atoms with E-state index in [2.05, 4.69) is 15.7 Å². The number of hydrogen-bond donors (Lipinski definition) is 2. The van der Waals surface area contributed by atoms with Crippen LogP contribution in [-0.2, 0) is 11.3 Å². The van der Waals surface area contributed by atoms with Crippen molar-refractivity contribution in [1.29, 1.82) is 0 Å². The average Bonchev–Trinajstić information content (AvgIpc) is 3.28. The SMILES string of the molecule is CC(C)Oc1ccc(Cl)cc1C(=O)Nc1cnn(CC(=O)NC2CCCC2)c1. The van der Waals surface area contributed by atoms with Crippen molar-refractivity contribution >= 4 is 29.1 Å². The molecule has 3 rings (SSSR count). The van der Waals surface area contributed by atoms with E-state index in [9.17, 15) is 9.59 Å². The highest BCUT2D eigenvalue weighted by molar-refractivity contribution is 6.31. The van der Waals surface area contributed by atoms with Crippen LogP contribution in [0.5, 0.6) is 5.75 Å². The molecule has 0 bridgehead atoms.